The number of aromatic nitrogens is 5. The average molecular weight is 868 g/mol. The molecule has 0 saturated carbocycles. The zero-order chi connectivity index (χ0) is 45.0. The molecule has 68 heavy (non-hydrogen) atoms. The molecule has 0 atom stereocenters. The van der Waals surface area contributed by atoms with Gasteiger partial charge >= 0.3 is 0 Å². The molecule has 13 aromatic rings. The van der Waals surface area contributed by atoms with E-state index in [0.29, 0.717) is 17.5 Å². The Morgan fingerprint density at radius 1 is 0.221 bits per heavy atom. The van der Waals surface area contributed by atoms with Crippen molar-refractivity contribution in [3.8, 4) is 78.9 Å². The lowest BCUT2D eigenvalue weighted by Crippen LogP contribution is -2.03. The molecule has 0 spiro atoms. The molecule has 0 aliphatic rings. The van der Waals surface area contributed by atoms with Gasteiger partial charge in [-0.3, -0.25) is 0 Å². The van der Waals surface area contributed by atoms with Crippen LogP contribution in [0.25, 0.3) is 123 Å². The van der Waals surface area contributed by atoms with Gasteiger partial charge in [-0.2, -0.15) is 0 Å². The van der Waals surface area contributed by atoms with E-state index < -0.39 is 0 Å². The largest absolute Gasteiger partial charge is 0.309 e. The number of fused-ring (bicyclic) bond motifs is 6. The standard InChI is InChI=1S/C63H41N5/c1-5-19-42(20-6-1)46-34-37-58-53(39-46)50-28-14-17-31-56(50)67(58)55-30-16-13-27-49(55)52-36-33-48(63-65-61(44-23-9-3-10-24-44)64-62(66-63)45-25-11-4-12-26-45)41-60(52)68-57-32-18-15-29-51(57)54-40-47(35-38-59(54)68)43-21-7-2-8-22-43/h1-41H. The van der Waals surface area contributed by atoms with Gasteiger partial charge in [0.1, 0.15) is 0 Å². The molecule has 0 radical (unpaired) electrons. The Balaban J connectivity index is 1.08. The fourth-order valence-electron chi connectivity index (χ4n) is 10.0. The van der Waals surface area contributed by atoms with Gasteiger partial charge in [0, 0.05) is 49.4 Å². The summed E-state index contributed by atoms with van der Waals surface area (Å²) in [6.07, 6.45) is 0. The van der Waals surface area contributed by atoms with E-state index in [1.165, 1.54) is 43.8 Å². The molecular weight excluding hydrogens is 827 g/mol. The van der Waals surface area contributed by atoms with Crippen LogP contribution in [0.15, 0.2) is 249 Å². The first-order chi connectivity index (χ1) is 33.7. The molecule has 0 fully saturated rings. The lowest BCUT2D eigenvalue weighted by Gasteiger charge is -2.19. The van der Waals surface area contributed by atoms with Crippen LogP contribution in [0.5, 0.6) is 0 Å². The van der Waals surface area contributed by atoms with Gasteiger partial charge in [-0.25, -0.2) is 15.0 Å². The average Bonchev–Trinajstić information content (AvgIpc) is 3.93. The third-order valence-electron chi connectivity index (χ3n) is 13.2. The van der Waals surface area contributed by atoms with E-state index in [1.807, 2.05) is 36.4 Å². The minimum absolute atomic E-state index is 0.600. The normalized spacial score (nSPS) is 11.5. The van der Waals surface area contributed by atoms with Crippen molar-refractivity contribution in [3.05, 3.63) is 249 Å². The second-order valence-corrected chi connectivity index (χ2v) is 17.2. The van der Waals surface area contributed by atoms with E-state index in [-0.39, 0.29) is 0 Å². The van der Waals surface area contributed by atoms with Gasteiger partial charge in [-0.15, -0.1) is 0 Å². The first kappa shape index (κ1) is 39.2. The minimum Gasteiger partial charge on any atom is -0.309 e. The lowest BCUT2D eigenvalue weighted by atomic mass is 9.98. The van der Waals surface area contributed by atoms with Crippen LogP contribution in [0.4, 0.5) is 0 Å². The number of para-hydroxylation sites is 3. The van der Waals surface area contributed by atoms with E-state index in [4.69, 9.17) is 15.0 Å². The lowest BCUT2D eigenvalue weighted by molar-refractivity contribution is 1.07. The molecule has 0 aliphatic heterocycles. The van der Waals surface area contributed by atoms with Crippen LogP contribution in [0.1, 0.15) is 0 Å². The fourth-order valence-corrected chi connectivity index (χ4v) is 10.0. The first-order valence-corrected chi connectivity index (χ1v) is 23.0. The van der Waals surface area contributed by atoms with Crippen molar-refractivity contribution >= 4 is 43.6 Å². The van der Waals surface area contributed by atoms with Crippen molar-refractivity contribution in [3.63, 3.8) is 0 Å². The van der Waals surface area contributed by atoms with Crippen LogP contribution in [-0.4, -0.2) is 24.1 Å². The Bertz CT molecular complexity index is 3950. The van der Waals surface area contributed by atoms with Crippen LogP contribution in [-0.2, 0) is 0 Å². The van der Waals surface area contributed by atoms with Crippen molar-refractivity contribution in [1.82, 2.24) is 24.1 Å². The quantitative estimate of drug-likeness (QED) is 0.153. The fraction of sp³-hybridized carbons (Fsp3) is 0. The Kier molecular flexibility index (Phi) is 9.43. The maximum Gasteiger partial charge on any atom is 0.164 e. The topological polar surface area (TPSA) is 48.5 Å². The summed E-state index contributed by atoms with van der Waals surface area (Å²) in [5, 5.41) is 4.78. The molecule has 0 unspecified atom stereocenters. The SMILES string of the molecule is c1ccc(-c2ccc3c(c2)c2ccccc2n3-c2ccccc2-c2ccc(-c3nc(-c4ccccc4)nc(-c4ccccc4)n3)cc2-n2c3ccccc3c3cc(-c4ccccc4)ccc32)cc1. The summed E-state index contributed by atoms with van der Waals surface area (Å²) < 4.78 is 4.87. The highest BCUT2D eigenvalue weighted by Gasteiger charge is 2.23. The van der Waals surface area contributed by atoms with Crippen molar-refractivity contribution in [2.45, 2.75) is 0 Å². The smallest absolute Gasteiger partial charge is 0.164 e. The van der Waals surface area contributed by atoms with Crippen LogP contribution in [0, 0.1) is 0 Å². The summed E-state index contributed by atoms with van der Waals surface area (Å²) in [5.41, 5.74) is 16.3. The van der Waals surface area contributed by atoms with Gasteiger partial charge in [0.05, 0.1) is 33.4 Å². The first-order valence-electron chi connectivity index (χ1n) is 23.0. The van der Waals surface area contributed by atoms with Crippen LogP contribution >= 0.6 is 0 Å². The van der Waals surface area contributed by atoms with E-state index in [9.17, 15) is 0 Å². The molecule has 0 bridgehead atoms. The zero-order valence-corrected chi connectivity index (χ0v) is 36.9. The van der Waals surface area contributed by atoms with Crippen LogP contribution in [0.3, 0.4) is 0 Å². The molecule has 5 heteroatoms. The molecule has 0 aliphatic carbocycles. The molecule has 3 aromatic heterocycles. The second kappa shape index (κ2) is 16.4. The Hall–Kier alpha value is -9.19. The van der Waals surface area contributed by atoms with Gasteiger partial charge in [-0.05, 0) is 70.8 Å². The molecule has 13 rings (SSSR count). The van der Waals surface area contributed by atoms with Gasteiger partial charge in [0.2, 0.25) is 0 Å². The van der Waals surface area contributed by atoms with Gasteiger partial charge in [-0.1, -0.05) is 200 Å². The van der Waals surface area contributed by atoms with Crippen LogP contribution < -0.4 is 0 Å². The van der Waals surface area contributed by atoms with Gasteiger partial charge < -0.3 is 9.13 Å². The minimum atomic E-state index is 0.600. The highest BCUT2D eigenvalue weighted by molar-refractivity contribution is 6.13. The van der Waals surface area contributed by atoms with Crippen LogP contribution in [0.2, 0.25) is 0 Å². The summed E-state index contributed by atoms with van der Waals surface area (Å²) in [6, 6.07) is 88.4. The summed E-state index contributed by atoms with van der Waals surface area (Å²) in [4.78, 5) is 15.5. The van der Waals surface area contributed by atoms with E-state index >= 15 is 0 Å². The molecule has 5 nitrogen and oxygen atoms in total. The Morgan fingerprint density at radius 2 is 0.588 bits per heavy atom. The third kappa shape index (κ3) is 6.68. The van der Waals surface area contributed by atoms with Crippen molar-refractivity contribution in [2.24, 2.45) is 0 Å². The summed E-state index contributed by atoms with van der Waals surface area (Å²) >= 11 is 0. The van der Waals surface area contributed by atoms with Gasteiger partial charge in [0.25, 0.3) is 0 Å². The van der Waals surface area contributed by atoms with E-state index in [2.05, 4.69) is 221 Å². The van der Waals surface area contributed by atoms with E-state index in [0.717, 1.165) is 61.3 Å². The monoisotopic (exact) mass is 867 g/mol. The molecule has 0 amide bonds. The Morgan fingerprint density at radius 3 is 1.10 bits per heavy atom. The second-order valence-electron chi connectivity index (χ2n) is 17.2. The third-order valence-corrected chi connectivity index (χ3v) is 13.2. The molecule has 0 N–H and O–H groups in total. The maximum absolute atomic E-state index is 5.21. The summed E-state index contributed by atoms with van der Waals surface area (Å²) in [6.45, 7) is 0. The molecule has 3 heterocycles. The number of rotatable bonds is 8. The Labute approximate surface area is 393 Å². The van der Waals surface area contributed by atoms with E-state index in [1.54, 1.807) is 0 Å². The molecule has 0 saturated heterocycles. The number of nitrogens with zero attached hydrogens (tertiary/aromatic N) is 5. The van der Waals surface area contributed by atoms with Crippen molar-refractivity contribution < 1.29 is 0 Å². The molecular formula is C63H41N5. The molecule has 10 aromatic carbocycles. The zero-order valence-electron chi connectivity index (χ0n) is 36.9. The predicted octanol–water partition coefficient (Wildman–Crippen LogP) is 16.1. The van der Waals surface area contributed by atoms with Crippen molar-refractivity contribution in [2.75, 3.05) is 0 Å². The molecule has 318 valence electrons. The number of benzene rings is 10. The van der Waals surface area contributed by atoms with Gasteiger partial charge in [0.15, 0.2) is 17.5 Å². The predicted molar refractivity (Wildman–Crippen MR) is 281 cm³/mol. The highest BCUT2D eigenvalue weighted by Crippen LogP contribution is 2.43. The number of hydrogen-bond donors (Lipinski definition) is 0. The summed E-state index contributed by atoms with van der Waals surface area (Å²) in [7, 11) is 0. The van der Waals surface area contributed by atoms with Crippen molar-refractivity contribution in [1.29, 1.82) is 0 Å². The highest BCUT2D eigenvalue weighted by atomic mass is 15.0. The summed E-state index contributed by atoms with van der Waals surface area (Å²) in [5.74, 6) is 1.84. The number of hydrogen-bond acceptors (Lipinski definition) is 3. The maximum atomic E-state index is 5.21.